The van der Waals surface area contributed by atoms with E-state index in [4.69, 9.17) is 14.4 Å². The number of aromatic nitrogens is 1. The van der Waals surface area contributed by atoms with E-state index >= 15 is 0 Å². The van der Waals surface area contributed by atoms with Crippen LogP contribution in [0.5, 0.6) is 5.75 Å². The van der Waals surface area contributed by atoms with Crippen molar-refractivity contribution in [1.29, 1.82) is 5.26 Å². The zero-order valence-electron chi connectivity index (χ0n) is 11.2. The van der Waals surface area contributed by atoms with Gasteiger partial charge in [-0.15, -0.1) is 0 Å². The Hall–Kier alpha value is -3.06. The number of nitrogens with zero attached hydrogens (tertiary/aromatic N) is 2. The lowest BCUT2D eigenvalue weighted by Crippen LogP contribution is -1.96. The molecule has 4 heteroatoms. The summed E-state index contributed by atoms with van der Waals surface area (Å²) in [5, 5.41) is 8.84. The molecular formula is C17H12N2O2. The summed E-state index contributed by atoms with van der Waals surface area (Å²) in [4.78, 5) is 4.38. The molecular weight excluding hydrogens is 264 g/mol. The Balaban J connectivity index is 1.69. The zero-order valence-corrected chi connectivity index (χ0v) is 11.2. The molecule has 21 heavy (non-hydrogen) atoms. The summed E-state index contributed by atoms with van der Waals surface area (Å²) >= 11 is 0. The number of nitriles is 1. The molecule has 4 nitrogen and oxygen atoms in total. The van der Waals surface area contributed by atoms with Gasteiger partial charge in [-0.1, -0.05) is 24.3 Å². The van der Waals surface area contributed by atoms with E-state index in [1.54, 1.807) is 30.5 Å². The van der Waals surface area contributed by atoms with Gasteiger partial charge in [0.1, 0.15) is 24.3 Å². The van der Waals surface area contributed by atoms with Gasteiger partial charge in [0.25, 0.3) is 0 Å². The standard InChI is InChI=1S/C17H12N2O2/c18-10-13-5-4-8-16(9-13)20-11-15-12-21-17(19-15)14-6-2-1-3-7-14/h1-9,12H,11H2. The lowest BCUT2D eigenvalue weighted by atomic mass is 10.2. The van der Waals surface area contributed by atoms with E-state index in [-0.39, 0.29) is 0 Å². The maximum absolute atomic E-state index is 8.84. The number of oxazole rings is 1. The molecule has 0 bridgehead atoms. The summed E-state index contributed by atoms with van der Waals surface area (Å²) in [6, 6.07) is 18.8. The van der Waals surface area contributed by atoms with Crippen LogP contribution in [0.3, 0.4) is 0 Å². The van der Waals surface area contributed by atoms with Crippen LogP contribution < -0.4 is 4.74 Å². The van der Waals surface area contributed by atoms with Crippen molar-refractivity contribution < 1.29 is 9.15 Å². The summed E-state index contributed by atoms with van der Waals surface area (Å²) in [6.45, 7) is 0.297. The summed E-state index contributed by atoms with van der Waals surface area (Å²) in [5.74, 6) is 1.21. The molecule has 102 valence electrons. The third-order valence-corrected chi connectivity index (χ3v) is 2.92. The van der Waals surface area contributed by atoms with Crippen LogP contribution in [-0.2, 0) is 6.61 Å². The summed E-state index contributed by atoms with van der Waals surface area (Å²) in [7, 11) is 0. The first kappa shape index (κ1) is 12.9. The smallest absolute Gasteiger partial charge is 0.226 e. The third-order valence-electron chi connectivity index (χ3n) is 2.92. The number of hydrogen-bond donors (Lipinski definition) is 0. The van der Waals surface area contributed by atoms with Gasteiger partial charge in [0.2, 0.25) is 5.89 Å². The maximum atomic E-state index is 8.84. The first-order valence-corrected chi connectivity index (χ1v) is 6.48. The van der Waals surface area contributed by atoms with Crippen molar-refractivity contribution in [3.8, 4) is 23.3 Å². The predicted molar refractivity (Wildman–Crippen MR) is 77.4 cm³/mol. The van der Waals surface area contributed by atoms with Crippen LogP contribution in [0.4, 0.5) is 0 Å². The Morgan fingerprint density at radius 1 is 1.10 bits per heavy atom. The van der Waals surface area contributed by atoms with E-state index < -0.39 is 0 Å². The molecule has 0 atom stereocenters. The first-order chi connectivity index (χ1) is 10.3. The molecule has 3 aromatic rings. The fourth-order valence-corrected chi connectivity index (χ4v) is 1.90. The highest BCUT2D eigenvalue weighted by Gasteiger charge is 2.06. The second-order valence-electron chi connectivity index (χ2n) is 4.44. The van der Waals surface area contributed by atoms with E-state index in [0.29, 0.717) is 29.5 Å². The van der Waals surface area contributed by atoms with E-state index in [1.165, 1.54) is 0 Å². The minimum absolute atomic E-state index is 0.297. The van der Waals surface area contributed by atoms with Crippen molar-refractivity contribution in [3.05, 3.63) is 72.1 Å². The molecule has 1 aromatic heterocycles. The first-order valence-electron chi connectivity index (χ1n) is 6.48. The number of ether oxygens (including phenoxy) is 1. The van der Waals surface area contributed by atoms with Gasteiger partial charge in [0, 0.05) is 5.56 Å². The van der Waals surface area contributed by atoms with Gasteiger partial charge in [0.15, 0.2) is 0 Å². The quantitative estimate of drug-likeness (QED) is 0.727. The molecule has 0 aliphatic carbocycles. The van der Waals surface area contributed by atoms with E-state index in [2.05, 4.69) is 11.1 Å². The molecule has 0 amide bonds. The fourth-order valence-electron chi connectivity index (χ4n) is 1.90. The van der Waals surface area contributed by atoms with Crippen molar-refractivity contribution in [2.75, 3.05) is 0 Å². The van der Waals surface area contributed by atoms with Gasteiger partial charge >= 0.3 is 0 Å². The zero-order chi connectivity index (χ0) is 14.5. The van der Waals surface area contributed by atoms with Gasteiger partial charge in [-0.25, -0.2) is 4.98 Å². The third kappa shape index (κ3) is 3.10. The molecule has 0 unspecified atom stereocenters. The molecule has 0 spiro atoms. The lowest BCUT2D eigenvalue weighted by molar-refractivity contribution is 0.301. The summed E-state index contributed by atoms with van der Waals surface area (Å²) < 4.78 is 11.1. The molecule has 0 saturated heterocycles. The fraction of sp³-hybridized carbons (Fsp3) is 0.0588. The topological polar surface area (TPSA) is 59.0 Å². The van der Waals surface area contributed by atoms with Gasteiger partial charge in [-0.05, 0) is 30.3 Å². The highest BCUT2D eigenvalue weighted by Crippen LogP contribution is 2.19. The molecule has 0 aliphatic rings. The van der Waals surface area contributed by atoms with E-state index in [9.17, 15) is 0 Å². The second-order valence-corrected chi connectivity index (χ2v) is 4.44. The Labute approximate surface area is 122 Å². The van der Waals surface area contributed by atoms with Crippen LogP contribution in [-0.4, -0.2) is 4.98 Å². The van der Waals surface area contributed by atoms with Crippen molar-refractivity contribution in [3.63, 3.8) is 0 Å². The number of benzene rings is 2. The monoisotopic (exact) mass is 276 g/mol. The van der Waals surface area contributed by atoms with Crippen LogP contribution in [0.1, 0.15) is 11.3 Å². The molecule has 1 heterocycles. The lowest BCUT2D eigenvalue weighted by Gasteiger charge is -2.03. The minimum atomic E-state index is 0.297. The molecule has 2 aromatic carbocycles. The molecule has 0 saturated carbocycles. The highest BCUT2D eigenvalue weighted by molar-refractivity contribution is 5.52. The molecule has 0 N–H and O–H groups in total. The van der Waals surface area contributed by atoms with Gasteiger partial charge in [0.05, 0.1) is 11.6 Å². The largest absolute Gasteiger partial charge is 0.487 e. The second kappa shape index (κ2) is 5.93. The average Bonchev–Trinajstić information content (AvgIpc) is 3.03. The Bertz CT molecular complexity index is 773. The van der Waals surface area contributed by atoms with Crippen molar-refractivity contribution >= 4 is 0 Å². The minimum Gasteiger partial charge on any atom is -0.487 e. The van der Waals surface area contributed by atoms with Crippen molar-refractivity contribution in [2.45, 2.75) is 6.61 Å². The Kier molecular flexibility index (Phi) is 3.66. The normalized spacial score (nSPS) is 10.0. The van der Waals surface area contributed by atoms with E-state index in [0.717, 1.165) is 5.56 Å². The molecule has 0 radical (unpaired) electrons. The van der Waals surface area contributed by atoms with Crippen LogP contribution in [0.25, 0.3) is 11.5 Å². The van der Waals surface area contributed by atoms with Crippen LogP contribution >= 0.6 is 0 Å². The molecule has 0 aliphatic heterocycles. The molecule has 3 rings (SSSR count). The molecule has 0 fully saturated rings. The average molecular weight is 276 g/mol. The van der Waals surface area contributed by atoms with Crippen LogP contribution in [0.15, 0.2) is 65.3 Å². The SMILES string of the molecule is N#Cc1cccc(OCc2coc(-c3ccccc3)n2)c1. The Morgan fingerprint density at radius 3 is 2.76 bits per heavy atom. The Morgan fingerprint density at radius 2 is 1.95 bits per heavy atom. The van der Waals surface area contributed by atoms with Crippen LogP contribution in [0, 0.1) is 11.3 Å². The number of rotatable bonds is 4. The number of hydrogen-bond acceptors (Lipinski definition) is 4. The van der Waals surface area contributed by atoms with Crippen molar-refractivity contribution in [2.24, 2.45) is 0 Å². The van der Waals surface area contributed by atoms with Gasteiger partial charge < -0.3 is 9.15 Å². The van der Waals surface area contributed by atoms with Crippen LogP contribution in [0.2, 0.25) is 0 Å². The summed E-state index contributed by atoms with van der Waals surface area (Å²) in [6.07, 6.45) is 1.58. The summed E-state index contributed by atoms with van der Waals surface area (Å²) in [5.41, 5.74) is 2.20. The van der Waals surface area contributed by atoms with Crippen molar-refractivity contribution in [1.82, 2.24) is 4.98 Å². The van der Waals surface area contributed by atoms with E-state index in [1.807, 2.05) is 30.3 Å². The predicted octanol–water partition coefficient (Wildman–Crippen LogP) is 3.79. The van der Waals surface area contributed by atoms with Gasteiger partial charge in [-0.3, -0.25) is 0 Å². The van der Waals surface area contributed by atoms with Gasteiger partial charge in [-0.2, -0.15) is 5.26 Å². The maximum Gasteiger partial charge on any atom is 0.226 e. The highest BCUT2D eigenvalue weighted by atomic mass is 16.5.